The van der Waals surface area contributed by atoms with Crippen LogP contribution in [0.1, 0.15) is 72.5 Å². The Kier molecular flexibility index (Phi) is 14.0. The number of esters is 1. The van der Waals surface area contributed by atoms with Gasteiger partial charge in [0.05, 0.1) is 30.7 Å². The van der Waals surface area contributed by atoms with Crippen LogP contribution >= 0.6 is 23.2 Å². The Balaban J connectivity index is 0.00000541. The number of H-pyrrole nitrogens is 1. The molecular weight excluding hydrogens is 755 g/mol. The Labute approximate surface area is 318 Å². The zero-order chi connectivity index (χ0) is 36.8. The molecule has 6 rings (SSSR count). The Hall–Kier alpha value is -3.43. The molecule has 0 radical (unpaired) electrons. The molecule has 290 valence electrons. The van der Waals surface area contributed by atoms with Gasteiger partial charge in [-0.25, -0.2) is 18.2 Å². The van der Waals surface area contributed by atoms with Crippen LogP contribution in [0.2, 0.25) is 10.0 Å². The van der Waals surface area contributed by atoms with E-state index in [-0.39, 0.29) is 41.2 Å². The maximum Gasteiger partial charge on any atom is 0.387 e. The van der Waals surface area contributed by atoms with Gasteiger partial charge in [-0.1, -0.05) is 35.7 Å². The number of aromatic amines is 1. The van der Waals surface area contributed by atoms with Crippen LogP contribution in [0.15, 0.2) is 48.8 Å². The van der Waals surface area contributed by atoms with Gasteiger partial charge in [0.2, 0.25) is 10.0 Å². The zero-order valence-electron chi connectivity index (χ0n) is 29.4. The number of ether oxygens (including phenoxy) is 4. The van der Waals surface area contributed by atoms with Crippen LogP contribution in [0.3, 0.4) is 0 Å². The minimum atomic E-state index is -3.78. The van der Waals surface area contributed by atoms with E-state index in [9.17, 15) is 22.0 Å². The Morgan fingerprint density at radius 1 is 0.925 bits per heavy atom. The van der Waals surface area contributed by atoms with E-state index in [2.05, 4.69) is 9.88 Å². The van der Waals surface area contributed by atoms with Crippen molar-refractivity contribution in [3.63, 3.8) is 0 Å². The third kappa shape index (κ3) is 11.5. The average Bonchev–Trinajstić information content (AvgIpc) is 4.04. The number of likely N-dealkylation sites (tertiary alicyclic amines) is 1. The first-order valence-corrected chi connectivity index (χ1v) is 20.3. The van der Waals surface area contributed by atoms with Crippen molar-refractivity contribution in [2.45, 2.75) is 64.1 Å². The molecule has 11 nitrogen and oxygen atoms in total. The number of benzene rings is 2. The van der Waals surface area contributed by atoms with Crippen LogP contribution in [0, 0.1) is 11.8 Å². The molecule has 3 aliphatic rings. The second-order valence-corrected chi connectivity index (χ2v) is 16.5. The summed E-state index contributed by atoms with van der Waals surface area (Å²) < 4.78 is 77.4. The molecule has 2 aromatic carbocycles. The molecule has 3 fully saturated rings. The number of aromatic nitrogens is 1. The van der Waals surface area contributed by atoms with E-state index in [1.165, 1.54) is 34.6 Å². The van der Waals surface area contributed by atoms with Crippen molar-refractivity contribution in [2.75, 3.05) is 50.0 Å². The number of carbonyl (C=O) groups excluding carboxylic acids is 1. The predicted octanol–water partition coefficient (Wildman–Crippen LogP) is 7.20. The highest BCUT2D eigenvalue weighted by Gasteiger charge is 2.30. The van der Waals surface area contributed by atoms with E-state index < -0.39 is 28.7 Å². The van der Waals surface area contributed by atoms with Crippen molar-refractivity contribution in [1.29, 1.82) is 0 Å². The SMILES string of the molecule is CS(=O)(=O)N(CCN1CCCCC1)c1cc(C(=O)O[C@@H](Cc2c(Cl)c[nH+]cc2Cl)c2ccc(OC(F)F)c(OCC3CC3)c2)ccc1OCC1CC1.[OH-]. The molecule has 1 atom stereocenters. The minimum Gasteiger partial charge on any atom is -0.870 e. The molecule has 1 saturated heterocycles. The molecule has 3 aromatic rings. The highest BCUT2D eigenvalue weighted by atomic mass is 35.5. The number of rotatable bonds is 18. The largest absolute Gasteiger partial charge is 0.870 e. The number of hydrogen-bond acceptors (Lipinski definition) is 9. The minimum absolute atomic E-state index is 0. The van der Waals surface area contributed by atoms with Crippen molar-refractivity contribution in [2.24, 2.45) is 11.8 Å². The zero-order valence-corrected chi connectivity index (χ0v) is 31.8. The quantitative estimate of drug-likeness (QED) is 0.122. The Morgan fingerprint density at radius 3 is 2.15 bits per heavy atom. The number of sulfonamides is 1. The van der Waals surface area contributed by atoms with Gasteiger partial charge < -0.3 is 29.3 Å². The van der Waals surface area contributed by atoms with Crippen molar-refractivity contribution in [1.82, 2.24) is 4.90 Å². The van der Waals surface area contributed by atoms with Gasteiger partial charge >= 0.3 is 12.6 Å². The first-order chi connectivity index (χ1) is 24.9. The molecule has 0 bridgehead atoms. The summed E-state index contributed by atoms with van der Waals surface area (Å²) in [6.07, 6.45) is 10.6. The summed E-state index contributed by atoms with van der Waals surface area (Å²) >= 11 is 13.0. The predicted molar refractivity (Wildman–Crippen MR) is 195 cm³/mol. The normalized spacial score (nSPS) is 16.8. The van der Waals surface area contributed by atoms with Crippen LogP contribution in [-0.4, -0.2) is 77.0 Å². The third-order valence-corrected chi connectivity index (χ3v) is 11.3. The van der Waals surface area contributed by atoms with Crippen molar-refractivity contribution >= 4 is 44.9 Å². The molecule has 1 aromatic heterocycles. The second-order valence-electron chi connectivity index (χ2n) is 13.7. The van der Waals surface area contributed by atoms with E-state index in [1.54, 1.807) is 18.5 Å². The molecular formula is C37H45Cl2F2N3O8S. The summed E-state index contributed by atoms with van der Waals surface area (Å²) in [4.78, 5) is 19.2. The molecule has 0 amide bonds. The van der Waals surface area contributed by atoms with E-state index in [0.29, 0.717) is 58.5 Å². The number of pyridine rings is 1. The lowest BCUT2D eigenvalue weighted by Gasteiger charge is -2.31. The monoisotopic (exact) mass is 799 g/mol. The van der Waals surface area contributed by atoms with Gasteiger partial charge in [-0.2, -0.15) is 8.78 Å². The molecule has 0 spiro atoms. The fourth-order valence-electron chi connectivity index (χ4n) is 6.14. The van der Waals surface area contributed by atoms with Crippen molar-refractivity contribution < 1.29 is 51.4 Å². The molecule has 2 aliphatic carbocycles. The van der Waals surface area contributed by atoms with Gasteiger partial charge in [0.15, 0.2) is 23.9 Å². The number of piperidine rings is 1. The third-order valence-electron chi connectivity index (χ3n) is 9.47. The van der Waals surface area contributed by atoms with Gasteiger partial charge in [-0.05, 0) is 99.3 Å². The molecule has 53 heavy (non-hydrogen) atoms. The highest BCUT2D eigenvalue weighted by Crippen LogP contribution is 2.39. The number of carbonyl (C=O) groups is 1. The summed E-state index contributed by atoms with van der Waals surface area (Å²) in [5.41, 5.74) is 1.25. The first-order valence-electron chi connectivity index (χ1n) is 17.7. The Bertz CT molecular complexity index is 1810. The molecule has 2 N–H and O–H groups in total. The summed E-state index contributed by atoms with van der Waals surface area (Å²) in [6.45, 7) is 0.189. The van der Waals surface area contributed by atoms with Crippen molar-refractivity contribution in [3.8, 4) is 17.2 Å². The van der Waals surface area contributed by atoms with Gasteiger partial charge in [0.1, 0.15) is 21.9 Å². The Morgan fingerprint density at radius 2 is 1.55 bits per heavy atom. The van der Waals surface area contributed by atoms with Crippen LogP contribution < -0.4 is 23.5 Å². The topological polar surface area (TPSA) is 139 Å². The van der Waals surface area contributed by atoms with E-state index in [0.717, 1.165) is 64.3 Å². The lowest BCUT2D eigenvalue weighted by molar-refractivity contribution is -0.377. The number of nitrogens with zero attached hydrogens (tertiary/aromatic N) is 2. The standard InChI is InChI=1S/C37H43Cl2F2N3O7S.H2O/c1-52(46,47)44(16-15-43-13-3-2-4-14-43)31-17-27(10-11-32(31)48-22-24-5-6-24)36(45)50-34(19-28-29(38)20-42-21-30(28)39)26-9-12-33(51-37(40)41)35(18-26)49-23-25-7-8-25;/h9-12,17-18,20-21,24-25,34,37H,2-8,13-16,19,22-23H2,1H3;1H2/t34-;/m0./s1. The lowest BCUT2D eigenvalue weighted by atomic mass is 10.0. The summed E-state index contributed by atoms with van der Waals surface area (Å²) in [6, 6.07) is 9.01. The summed E-state index contributed by atoms with van der Waals surface area (Å²) in [7, 11) is -3.78. The summed E-state index contributed by atoms with van der Waals surface area (Å²) in [5, 5.41) is 0.599. The second kappa shape index (κ2) is 18.3. The molecule has 2 heterocycles. The fraction of sp³-hybridized carbons (Fsp3) is 0.514. The van der Waals surface area contributed by atoms with Gasteiger partial charge in [-0.15, -0.1) is 0 Å². The van der Waals surface area contributed by atoms with E-state index >= 15 is 0 Å². The molecule has 16 heteroatoms. The first kappa shape index (κ1) is 40.7. The van der Waals surface area contributed by atoms with E-state index in [4.69, 9.17) is 42.1 Å². The van der Waals surface area contributed by atoms with E-state index in [1.807, 2.05) is 0 Å². The van der Waals surface area contributed by atoms with Gasteiger partial charge in [-0.3, -0.25) is 4.31 Å². The summed E-state index contributed by atoms with van der Waals surface area (Å²) in [5.74, 6) is 0.269. The van der Waals surface area contributed by atoms with Crippen LogP contribution in [0.5, 0.6) is 17.2 Å². The lowest BCUT2D eigenvalue weighted by Crippen LogP contribution is -2.40. The maximum absolute atomic E-state index is 14.1. The van der Waals surface area contributed by atoms with Crippen LogP contribution in [0.4, 0.5) is 14.5 Å². The smallest absolute Gasteiger partial charge is 0.387 e. The fourth-order valence-corrected chi connectivity index (χ4v) is 7.58. The molecule has 0 unspecified atom stereocenters. The maximum atomic E-state index is 14.1. The molecule has 1 aliphatic heterocycles. The average molecular weight is 801 g/mol. The number of anilines is 1. The number of alkyl halides is 2. The van der Waals surface area contributed by atoms with Crippen molar-refractivity contribution in [3.05, 3.63) is 75.5 Å². The van der Waals surface area contributed by atoms with Crippen LogP contribution in [-0.2, 0) is 21.2 Å². The molecule has 2 saturated carbocycles. The van der Waals surface area contributed by atoms with Gasteiger partial charge in [0.25, 0.3) is 0 Å². The van der Waals surface area contributed by atoms with Gasteiger partial charge in [0, 0.05) is 25.1 Å². The number of nitrogens with one attached hydrogen (secondary N) is 1. The van der Waals surface area contributed by atoms with Crippen LogP contribution in [0.25, 0.3) is 0 Å². The number of hydrogen-bond donors (Lipinski definition) is 0. The highest BCUT2D eigenvalue weighted by molar-refractivity contribution is 7.92. The number of halogens is 4.